The van der Waals surface area contributed by atoms with E-state index in [0.29, 0.717) is 62.8 Å². The van der Waals surface area contributed by atoms with Gasteiger partial charge < -0.3 is 33.6 Å². The van der Waals surface area contributed by atoms with Gasteiger partial charge in [0.15, 0.2) is 5.82 Å². The van der Waals surface area contributed by atoms with Crippen molar-refractivity contribution in [3.05, 3.63) is 87.9 Å². The summed E-state index contributed by atoms with van der Waals surface area (Å²) in [6.45, 7) is 11.3. The SMILES string of the molecule is CC(=O)N1CCc2c(c(N3CCCc4cc(-c5cc6nccn6cc5N5CCC(CN6CCC7(CC6)CCN(c6cccc8c6n(C)c(=O)n8C6CCC(=O)NC6=O)C7)CC5)c(C(F)F)cc43)nn2C2CCOCC2)C1. The van der Waals surface area contributed by atoms with Crippen LogP contribution in [0.4, 0.5) is 31.7 Å². The molecule has 2 aromatic carbocycles. The number of piperidine rings is 3. The summed E-state index contributed by atoms with van der Waals surface area (Å²) in [6.07, 6.45) is 12.9. The van der Waals surface area contributed by atoms with Gasteiger partial charge in [0.2, 0.25) is 17.7 Å². The van der Waals surface area contributed by atoms with Gasteiger partial charge in [0.05, 0.1) is 35.0 Å². The van der Waals surface area contributed by atoms with Gasteiger partial charge in [-0.2, -0.15) is 5.10 Å². The summed E-state index contributed by atoms with van der Waals surface area (Å²) in [6, 6.07) is 11.2. The number of nitrogens with zero attached hydrogens (tertiary/aromatic N) is 11. The molecule has 1 N–H and O–H groups in total. The standard InChI is InChI=1S/C57H68F2N12O5/c1-36(72)66-22-12-44-43(33-66)54(62-71(44)39-13-27-76-28-14-39)69-19-4-5-38-29-40(42(53(58)59)30-48(38)69)41-31-50-60-18-26-67(50)34-49(41)65-20-10-37(11-21-65)32-64-23-15-57(16-24-64)17-25-68(35-57)45-6-3-7-46-52(45)63(2)56(75)70(46)47-8-9-51(73)61-55(47)74/h3,6-7,18,26,29-31,34,37,39,47,53H,4-5,8-17,19-25,27-28,32-33,35H2,1-2H3,(H,61,73,74). The number of aryl methyl sites for hydroxylation is 2. The molecule has 1 unspecified atom stereocenters. The van der Waals surface area contributed by atoms with Crippen LogP contribution in [0.1, 0.15) is 112 Å². The first-order valence-electron chi connectivity index (χ1n) is 27.8. The number of benzene rings is 2. The summed E-state index contributed by atoms with van der Waals surface area (Å²) in [5, 5.41) is 7.73. The number of alkyl halides is 2. The minimum atomic E-state index is -2.72. The van der Waals surface area contributed by atoms with Crippen molar-refractivity contribution in [2.45, 2.75) is 109 Å². The normalized spacial score (nSPS) is 21.9. The molecule has 5 saturated heterocycles. The Kier molecular flexibility index (Phi) is 12.5. The molecule has 11 heterocycles. The number of hydrogen-bond donors (Lipinski definition) is 1. The molecule has 4 aromatic heterocycles. The molecule has 1 spiro atoms. The second-order valence-corrected chi connectivity index (χ2v) is 22.8. The van der Waals surface area contributed by atoms with Gasteiger partial charge in [0, 0.05) is 133 Å². The molecule has 1 atom stereocenters. The summed E-state index contributed by atoms with van der Waals surface area (Å²) in [4.78, 5) is 67.4. The van der Waals surface area contributed by atoms with Crippen molar-refractivity contribution in [2.24, 2.45) is 18.4 Å². The van der Waals surface area contributed by atoms with Gasteiger partial charge in [-0.05, 0) is 130 Å². The summed E-state index contributed by atoms with van der Waals surface area (Å²) >= 11 is 0. The molecular weight excluding hydrogens is 971 g/mol. The highest BCUT2D eigenvalue weighted by molar-refractivity contribution is 6.00. The predicted octanol–water partition coefficient (Wildman–Crippen LogP) is 7.32. The number of anilines is 4. The number of para-hydroxylation sites is 1. The van der Waals surface area contributed by atoms with Crippen LogP contribution in [0.15, 0.2) is 59.8 Å². The Balaban J connectivity index is 0.707. The van der Waals surface area contributed by atoms with Gasteiger partial charge in [0.1, 0.15) is 11.7 Å². The summed E-state index contributed by atoms with van der Waals surface area (Å²) in [7, 11) is 1.78. The second kappa shape index (κ2) is 19.4. The van der Waals surface area contributed by atoms with Crippen molar-refractivity contribution in [2.75, 3.05) is 86.8 Å². The molecule has 76 heavy (non-hydrogen) atoms. The number of hydrogen-bond acceptors (Lipinski definition) is 11. The fourth-order valence-electron chi connectivity index (χ4n) is 14.2. The molecule has 3 amide bonds. The van der Waals surface area contributed by atoms with E-state index in [0.717, 1.165) is 160 Å². The molecule has 0 saturated carbocycles. The van der Waals surface area contributed by atoms with Gasteiger partial charge in [-0.25, -0.2) is 18.6 Å². The first kappa shape index (κ1) is 49.0. The summed E-state index contributed by atoms with van der Waals surface area (Å²) < 4.78 is 44.7. The molecule has 19 heteroatoms. The number of likely N-dealkylation sites (tertiary alicyclic amines) is 1. The van der Waals surface area contributed by atoms with Crippen molar-refractivity contribution in [3.63, 3.8) is 0 Å². The quantitative estimate of drug-likeness (QED) is 0.145. The highest BCUT2D eigenvalue weighted by Gasteiger charge is 2.43. The van der Waals surface area contributed by atoms with Crippen LogP contribution in [-0.2, 0) is 45.6 Å². The third kappa shape index (κ3) is 8.55. The fourth-order valence-corrected chi connectivity index (χ4v) is 14.2. The smallest absolute Gasteiger partial charge is 0.329 e. The monoisotopic (exact) mass is 1040 g/mol. The van der Waals surface area contributed by atoms with Crippen molar-refractivity contribution >= 4 is 57.3 Å². The summed E-state index contributed by atoms with van der Waals surface area (Å²) in [5.74, 6) is 0.593. The first-order chi connectivity index (χ1) is 36.9. The second-order valence-electron chi connectivity index (χ2n) is 22.8. The number of amides is 3. The van der Waals surface area contributed by atoms with Crippen molar-refractivity contribution < 1.29 is 27.9 Å². The molecule has 7 aliphatic rings. The van der Waals surface area contributed by atoms with Crippen molar-refractivity contribution in [3.8, 4) is 11.1 Å². The number of rotatable bonds is 9. The maximum atomic E-state index is 15.8. The molecule has 17 nitrogen and oxygen atoms in total. The van der Waals surface area contributed by atoms with E-state index in [2.05, 4.69) is 46.8 Å². The van der Waals surface area contributed by atoms with Gasteiger partial charge in [-0.15, -0.1) is 0 Å². The zero-order valence-corrected chi connectivity index (χ0v) is 43.7. The molecular formula is C57H68F2N12O5. The Morgan fingerprint density at radius 3 is 2.45 bits per heavy atom. The number of halogens is 2. The number of imidazole rings is 2. The van der Waals surface area contributed by atoms with E-state index >= 15 is 8.78 Å². The number of ether oxygens (including phenoxy) is 1. The van der Waals surface area contributed by atoms with Crippen LogP contribution < -0.4 is 25.7 Å². The van der Waals surface area contributed by atoms with Crippen LogP contribution in [-0.4, -0.2) is 128 Å². The largest absolute Gasteiger partial charge is 0.381 e. The number of pyridine rings is 1. The zero-order valence-electron chi connectivity index (χ0n) is 43.7. The predicted molar refractivity (Wildman–Crippen MR) is 285 cm³/mol. The third-order valence-corrected chi connectivity index (χ3v) is 18.5. The summed E-state index contributed by atoms with van der Waals surface area (Å²) in [5.41, 5.74) is 9.45. The molecule has 5 fully saturated rings. The van der Waals surface area contributed by atoms with Crippen LogP contribution in [0.2, 0.25) is 0 Å². The van der Waals surface area contributed by atoms with E-state index in [1.54, 1.807) is 35.4 Å². The first-order valence-corrected chi connectivity index (χ1v) is 27.8. The van der Waals surface area contributed by atoms with Crippen LogP contribution in [0.3, 0.4) is 0 Å². The van der Waals surface area contributed by atoms with Crippen molar-refractivity contribution in [1.29, 1.82) is 0 Å². The van der Waals surface area contributed by atoms with E-state index < -0.39 is 18.4 Å². The topological polar surface area (TPSA) is 151 Å². The van der Waals surface area contributed by atoms with Crippen LogP contribution in [0.5, 0.6) is 0 Å². The minimum absolute atomic E-state index is 0.000534. The molecule has 0 bridgehead atoms. The lowest BCUT2D eigenvalue weighted by atomic mass is 9.77. The lowest BCUT2D eigenvalue weighted by molar-refractivity contribution is -0.135. The Morgan fingerprint density at radius 1 is 0.868 bits per heavy atom. The Hall–Kier alpha value is -6.60. The molecule has 0 radical (unpaired) electrons. The number of aromatic nitrogens is 6. The minimum Gasteiger partial charge on any atom is -0.381 e. The number of nitrogens with one attached hydrogen (secondary N) is 1. The molecule has 400 valence electrons. The van der Waals surface area contributed by atoms with E-state index in [1.807, 2.05) is 39.8 Å². The van der Waals surface area contributed by atoms with Gasteiger partial charge in [-0.1, -0.05) is 6.07 Å². The Bertz CT molecular complexity index is 3320. The van der Waals surface area contributed by atoms with Crippen LogP contribution in [0, 0.1) is 11.3 Å². The average Bonchev–Trinajstić information content (AvgIpc) is 4.32. The molecule has 13 rings (SSSR count). The fraction of sp³-hybridized carbons (Fsp3) is 0.544. The maximum Gasteiger partial charge on any atom is 0.329 e. The van der Waals surface area contributed by atoms with Gasteiger partial charge >= 0.3 is 5.69 Å². The lowest BCUT2D eigenvalue weighted by Gasteiger charge is -2.42. The number of imide groups is 1. The number of carbonyl (C=O) groups is 3. The van der Waals surface area contributed by atoms with Crippen LogP contribution >= 0.6 is 0 Å². The molecule has 7 aliphatic heterocycles. The van der Waals surface area contributed by atoms with E-state index in [4.69, 9.17) is 9.84 Å². The molecule has 6 aromatic rings. The van der Waals surface area contributed by atoms with Crippen LogP contribution in [0.25, 0.3) is 27.8 Å². The Labute approximate surface area is 440 Å². The number of fused-ring (bicyclic) bond motifs is 4. The molecule has 0 aliphatic carbocycles. The maximum absolute atomic E-state index is 15.8. The highest BCUT2D eigenvalue weighted by atomic mass is 19.3. The Morgan fingerprint density at radius 2 is 1.67 bits per heavy atom. The van der Waals surface area contributed by atoms with E-state index in [9.17, 15) is 19.2 Å². The number of carbonyl (C=O) groups excluding carboxylic acids is 3. The highest BCUT2D eigenvalue weighted by Crippen LogP contribution is 2.47. The van der Waals surface area contributed by atoms with E-state index in [1.165, 1.54) is 0 Å². The average molecular weight is 1040 g/mol. The lowest BCUT2D eigenvalue weighted by Crippen LogP contribution is -2.45. The van der Waals surface area contributed by atoms with Gasteiger partial charge in [-0.3, -0.25) is 33.5 Å². The zero-order chi connectivity index (χ0) is 52.0. The van der Waals surface area contributed by atoms with E-state index in [-0.39, 0.29) is 40.9 Å². The van der Waals surface area contributed by atoms with Gasteiger partial charge in [0.25, 0.3) is 6.43 Å². The third-order valence-electron chi connectivity index (χ3n) is 18.5. The van der Waals surface area contributed by atoms with Crippen molar-refractivity contribution in [1.82, 2.24) is 43.4 Å².